The second kappa shape index (κ2) is 4.43. The third kappa shape index (κ3) is 2.23. The van der Waals surface area contributed by atoms with E-state index in [9.17, 15) is 0 Å². The molecule has 0 aromatic rings. The van der Waals surface area contributed by atoms with Gasteiger partial charge in [-0.15, -0.1) is 0 Å². The van der Waals surface area contributed by atoms with E-state index in [-0.39, 0.29) is 0 Å². The molecule has 0 amide bonds. The van der Waals surface area contributed by atoms with E-state index in [1.165, 1.54) is 45.2 Å². The largest absolute Gasteiger partial charge is 0.313 e. The summed E-state index contributed by atoms with van der Waals surface area (Å²) in [5.41, 5.74) is 0. The Labute approximate surface area is 81.7 Å². The molecule has 2 fully saturated rings. The van der Waals surface area contributed by atoms with Crippen LogP contribution in [0.15, 0.2) is 0 Å². The number of likely N-dealkylation sites (tertiary alicyclic amines) is 1. The van der Waals surface area contributed by atoms with Gasteiger partial charge in [-0.05, 0) is 25.8 Å². The monoisotopic (exact) mass is 182 g/mol. The molecule has 1 N–H and O–H groups in total. The Kier molecular flexibility index (Phi) is 3.23. The Bertz CT molecular complexity index is 152. The number of hydrogen-bond acceptors (Lipinski definition) is 2. The lowest BCUT2D eigenvalue weighted by atomic mass is 10.2. The molecule has 1 heterocycles. The van der Waals surface area contributed by atoms with E-state index >= 15 is 0 Å². The van der Waals surface area contributed by atoms with E-state index in [2.05, 4.69) is 17.1 Å². The van der Waals surface area contributed by atoms with Gasteiger partial charge in [0, 0.05) is 25.2 Å². The lowest BCUT2D eigenvalue weighted by molar-refractivity contribution is 0.240. The molecule has 2 nitrogen and oxygen atoms in total. The summed E-state index contributed by atoms with van der Waals surface area (Å²) in [7, 11) is 0. The molecule has 0 bridgehead atoms. The number of rotatable bonds is 3. The molecule has 1 saturated carbocycles. The van der Waals surface area contributed by atoms with Crippen LogP contribution in [0.4, 0.5) is 0 Å². The Hall–Kier alpha value is -0.0800. The average Bonchev–Trinajstić information content (AvgIpc) is 2.70. The molecule has 2 aliphatic rings. The van der Waals surface area contributed by atoms with Crippen molar-refractivity contribution in [2.24, 2.45) is 0 Å². The van der Waals surface area contributed by atoms with Crippen molar-refractivity contribution >= 4 is 0 Å². The Morgan fingerprint density at radius 1 is 1.23 bits per heavy atom. The SMILES string of the molecule is CCNC1CCN(C2CCCC2)C1. The van der Waals surface area contributed by atoms with Crippen LogP contribution in [0.1, 0.15) is 39.0 Å². The van der Waals surface area contributed by atoms with Crippen LogP contribution in [0.2, 0.25) is 0 Å². The molecule has 0 aromatic carbocycles. The van der Waals surface area contributed by atoms with Crippen LogP contribution >= 0.6 is 0 Å². The highest BCUT2D eigenvalue weighted by molar-refractivity contribution is 4.87. The summed E-state index contributed by atoms with van der Waals surface area (Å²) in [4.78, 5) is 2.71. The fourth-order valence-electron chi connectivity index (χ4n) is 2.84. The van der Waals surface area contributed by atoms with Crippen molar-refractivity contribution in [3.05, 3.63) is 0 Å². The van der Waals surface area contributed by atoms with E-state index in [0.29, 0.717) is 0 Å². The van der Waals surface area contributed by atoms with Crippen molar-refractivity contribution in [1.29, 1.82) is 0 Å². The maximum atomic E-state index is 3.56. The van der Waals surface area contributed by atoms with Gasteiger partial charge in [-0.3, -0.25) is 4.90 Å². The van der Waals surface area contributed by atoms with Gasteiger partial charge in [0.15, 0.2) is 0 Å². The Balaban J connectivity index is 1.76. The molecule has 0 radical (unpaired) electrons. The maximum absolute atomic E-state index is 3.56. The number of nitrogens with zero attached hydrogens (tertiary/aromatic N) is 1. The van der Waals surface area contributed by atoms with Gasteiger partial charge < -0.3 is 5.32 Å². The molecule has 2 rings (SSSR count). The fraction of sp³-hybridized carbons (Fsp3) is 1.00. The van der Waals surface area contributed by atoms with Crippen LogP contribution in [-0.2, 0) is 0 Å². The van der Waals surface area contributed by atoms with Crippen LogP contribution in [0.3, 0.4) is 0 Å². The first-order valence-electron chi connectivity index (χ1n) is 5.87. The molecule has 1 aliphatic carbocycles. The minimum atomic E-state index is 0.783. The lowest BCUT2D eigenvalue weighted by Gasteiger charge is -2.23. The molecule has 1 unspecified atom stereocenters. The van der Waals surface area contributed by atoms with Crippen LogP contribution in [-0.4, -0.2) is 36.6 Å². The molecule has 13 heavy (non-hydrogen) atoms. The van der Waals surface area contributed by atoms with E-state index in [4.69, 9.17) is 0 Å². The predicted octanol–water partition coefficient (Wildman–Crippen LogP) is 1.61. The highest BCUT2D eigenvalue weighted by atomic mass is 15.2. The zero-order valence-electron chi connectivity index (χ0n) is 8.76. The number of likely N-dealkylation sites (N-methyl/N-ethyl adjacent to an activating group) is 1. The molecule has 0 spiro atoms. The minimum Gasteiger partial charge on any atom is -0.313 e. The van der Waals surface area contributed by atoms with E-state index < -0.39 is 0 Å². The molecule has 1 atom stereocenters. The van der Waals surface area contributed by atoms with Gasteiger partial charge in [0.1, 0.15) is 0 Å². The van der Waals surface area contributed by atoms with Gasteiger partial charge in [0.25, 0.3) is 0 Å². The average molecular weight is 182 g/mol. The normalized spacial score (nSPS) is 31.6. The molecular formula is C11H22N2. The first kappa shape index (κ1) is 9.47. The fourth-order valence-corrected chi connectivity index (χ4v) is 2.84. The summed E-state index contributed by atoms with van der Waals surface area (Å²) < 4.78 is 0. The van der Waals surface area contributed by atoms with Gasteiger partial charge in [-0.1, -0.05) is 19.8 Å². The highest BCUT2D eigenvalue weighted by Gasteiger charge is 2.29. The van der Waals surface area contributed by atoms with Crippen molar-refractivity contribution in [1.82, 2.24) is 10.2 Å². The number of hydrogen-bond donors (Lipinski definition) is 1. The smallest absolute Gasteiger partial charge is 0.0207 e. The minimum absolute atomic E-state index is 0.783. The topological polar surface area (TPSA) is 15.3 Å². The Morgan fingerprint density at radius 3 is 2.69 bits per heavy atom. The van der Waals surface area contributed by atoms with Crippen molar-refractivity contribution in [3.63, 3.8) is 0 Å². The molecular weight excluding hydrogens is 160 g/mol. The first-order chi connectivity index (χ1) is 6.40. The Morgan fingerprint density at radius 2 is 2.00 bits per heavy atom. The third-order valence-corrected chi connectivity index (χ3v) is 3.55. The van der Waals surface area contributed by atoms with Crippen LogP contribution in [0, 0.1) is 0 Å². The van der Waals surface area contributed by atoms with Gasteiger partial charge >= 0.3 is 0 Å². The van der Waals surface area contributed by atoms with Crippen LogP contribution < -0.4 is 5.32 Å². The first-order valence-corrected chi connectivity index (χ1v) is 5.87. The van der Waals surface area contributed by atoms with Crippen molar-refractivity contribution < 1.29 is 0 Å². The molecule has 2 heteroatoms. The third-order valence-electron chi connectivity index (χ3n) is 3.55. The van der Waals surface area contributed by atoms with Crippen molar-refractivity contribution in [2.75, 3.05) is 19.6 Å². The number of nitrogens with one attached hydrogen (secondary N) is 1. The van der Waals surface area contributed by atoms with Crippen LogP contribution in [0.5, 0.6) is 0 Å². The summed E-state index contributed by atoms with van der Waals surface area (Å²) in [6.45, 7) is 5.97. The standard InChI is InChI=1S/C11H22N2/c1-2-12-10-7-8-13(9-10)11-5-3-4-6-11/h10-12H,2-9H2,1H3. The van der Waals surface area contributed by atoms with E-state index in [1.54, 1.807) is 0 Å². The van der Waals surface area contributed by atoms with Gasteiger partial charge in [0.05, 0.1) is 0 Å². The quantitative estimate of drug-likeness (QED) is 0.713. The highest BCUT2D eigenvalue weighted by Crippen LogP contribution is 2.26. The summed E-state index contributed by atoms with van der Waals surface area (Å²) in [5, 5.41) is 3.56. The molecule has 1 aliphatic heterocycles. The maximum Gasteiger partial charge on any atom is 0.0207 e. The molecule has 1 saturated heterocycles. The van der Waals surface area contributed by atoms with E-state index in [0.717, 1.165) is 18.6 Å². The van der Waals surface area contributed by atoms with Crippen LogP contribution in [0.25, 0.3) is 0 Å². The van der Waals surface area contributed by atoms with Crippen molar-refractivity contribution in [3.8, 4) is 0 Å². The second-order valence-electron chi connectivity index (χ2n) is 4.48. The van der Waals surface area contributed by atoms with Gasteiger partial charge in [0.2, 0.25) is 0 Å². The predicted molar refractivity (Wildman–Crippen MR) is 55.9 cm³/mol. The van der Waals surface area contributed by atoms with E-state index in [1.807, 2.05) is 0 Å². The zero-order valence-corrected chi connectivity index (χ0v) is 8.76. The summed E-state index contributed by atoms with van der Waals surface area (Å²) in [6, 6.07) is 1.72. The van der Waals surface area contributed by atoms with Gasteiger partial charge in [-0.2, -0.15) is 0 Å². The molecule has 76 valence electrons. The molecule has 0 aromatic heterocycles. The summed E-state index contributed by atoms with van der Waals surface area (Å²) in [5.74, 6) is 0. The summed E-state index contributed by atoms with van der Waals surface area (Å²) >= 11 is 0. The summed E-state index contributed by atoms with van der Waals surface area (Å²) in [6.07, 6.45) is 7.21. The van der Waals surface area contributed by atoms with Gasteiger partial charge in [-0.25, -0.2) is 0 Å². The second-order valence-corrected chi connectivity index (χ2v) is 4.48. The van der Waals surface area contributed by atoms with Crippen molar-refractivity contribution in [2.45, 2.75) is 51.1 Å². The lowest BCUT2D eigenvalue weighted by Crippen LogP contribution is -2.36. The zero-order chi connectivity index (χ0) is 9.10.